The number of hydrogen-bond donors (Lipinski definition) is 2. The van der Waals surface area contributed by atoms with Crippen molar-refractivity contribution >= 4 is 0 Å². The highest BCUT2D eigenvalue weighted by molar-refractivity contribution is 5.15. The first-order chi connectivity index (χ1) is 6.68. The number of benzene rings is 1. The van der Waals surface area contributed by atoms with Crippen LogP contribution in [-0.2, 0) is 6.42 Å². The van der Waals surface area contributed by atoms with Crippen LogP contribution in [0.15, 0.2) is 30.3 Å². The van der Waals surface area contributed by atoms with Gasteiger partial charge in [0.1, 0.15) is 0 Å². The van der Waals surface area contributed by atoms with Crippen LogP contribution < -0.4 is 10.9 Å². The maximum Gasteiger partial charge on any atom is 0.0225 e. The Hall–Kier alpha value is -0.860. The second-order valence-electron chi connectivity index (χ2n) is 4.03. The Morgan fingerprint density at radius 1 is 1.00 bits per heavy atom. The molecule has 0 bridgehead atoms. The van der Waals surface area contributed by atoms with Crippen molar-refractivity contribution in [2.75, 3.05) is 0 Å². The molecule has 1 aromatic carbocycles. The highest BCUT2D eigenvalue weighted by Gasteiger charge is 2.02. The standard InChI is InChI=1S/C12H20N2/c1-10(2)13-14-11(3)9-12-7-5-4-6-8-12/h4-8,10-11,13-14H,9H2,1-3H3. The zero-order chi connectivity index (χ0) is 10.4. The average Bonchev–Trinajstić information content (AvgIpc) is 2.16. The summed E-state index contributed by atoms with van der Waals surface area (Å²) in [4.78, 5) is 0. The molecule has 0 aromatic heterocycles. The Balaban J connectivity index is 2.30. The van der Waals surface area contributed by atoms with E-state index in [-0.39, 0.29) is 0 Å². The number of nitrogens with one attached hydrogen (secondary N) is 2. The number of hydrogen-bond acceptors (Lipinski definition) is 2. The Morgan fingerprint density at radius 2 is 1.64 bits per heavy atom. The third-order valence-corrected chi connectivity index (χ3v) is 2.00. The summed E-state index contributed by atoms with van der Waals surface area (Å²) in [5.41, 5.74) is 7.87. The van der Waals surface area contributed by atoms with Crippen LogP contribution in [0.25, 0.3) is 0 Å². The summed E-state index contributed by atoms with van der Waals surface area (Å²) in [6.45, 7) is 6.44. The molecule has 78 valence electrons. The lowest BCUT2D eigenvalue weighted by Crippen LogP contribution is -2.43. The SMILES string of the molecule is CC(C)NNC(C)Cc1ccccc1. The van der Waals surface area contributed by atoms with Gasteiger partial charge in [0, 0.05) is 12.1 Å². The summed E-state index contributed by atoms with van der Waals surface area (Å²) in [7, 11) is 0. The molecule has 2 nitrogen and oxygen atoms in total. The van der Waals surface area contributed by atoms with Crippen molar-refractivity contribution in [1.82, 2.24) is 10.9 Å². The van der Waals surface area contributed by atoms with E-state index in [0.717, 1.165) is 6.42 Å². The van der Waals surface area contributed by atoms with E-state index >= 15 is 0 Å². The van der Waals surface area contributed by atoms with Crippen molar-refractivity contribution in [2.45, 2.75) is 39.3 Å². The maximum absolute atomic E-state index is 3.28. The van der Waals surface area contributed by atoms with Crippen LogP contribution >= 0.6 is 0 Å². The van der Waals surface area contributed by atoms with Crippen molar-refractivity contribution in [3.05, 3.63) is 35.9 Å². The topological polar surface area (TPSA) is 24.1 Å². The molecule has 1 rings (SSSR count). The minimum absolute atomic E-state index is 0.458. The molecular weight excluding hydrogens is 172 g/mol. The van der Waals surface area contributed by atoms with E-state index in [9.17, 15) is 0 Å². The van der Waals surface area contributed by atoms with Crippen molar-refractivity contribution in [1.29, 1.82) is 0 Å². The van der Waals surface area contributed by atoms with Gasteiger partial charge < -0.3 is 0 Å². The van der Waals surface area contributed by atoms with Gasteiger partial charge in [-0.1, -0.05) is 30.3 Å². The van der Waals surface area contributed by atoms with Gasteiger partial charge >= 0.3 is 0 Å². The highest BCUT2D eigenvalue weighted by atomic mass is 15.4. The van der Waals surface area contributed by atoms with Crippen molar-refractivity contribution < 1.29 is 0 Å². The van der Waals surface area contributed by atoms with Crippen LogP contribution in [-0.4, -0.2) is 12.1 Å². The van der Waals surface area contributed by atoms with Gasteiger partial charge in [-0.2, -0.15) is 0 Å². The van der Waals surface area contributed by atoms with Gasteiger partial charge in [0.05, 0.1) is 0 Å². The van der Waals surface area contributed by atoms with Gasteiger partial charge in [-0.05, 0) is 32.8 Å². The van der Waals surface area contributed by atoms with Gasteiger partial charge in [-0.15, -0.1) is 0 Å². The Kier molecular flexibility index (Phi) is 4.63. The van der Waals surface area contributed by atoms with E-state index in [1.165, 1.54) is 5.56 Å². The molecule has 0 saturated heterocycles. The summed E-state index contributed by atoms with van der Waals surface area (Å²) in [6.07, 6.45) is 1.06. The first-order valence-corrected chi connectivity index (χ1v) is 5.23. The van der Waals surface area contributed by atoms with Gasteiger partial charge in [-0.3, -0.25) is 10.9 Å². The quantitative estimate of drug-likeness (QED) is 0.698. The lowest BCUT2D eigenvalue weighted by atomic mass is 10.1. The molecule has 2 heteroatoms. The fourth-order valence-electron chi connectivity index (χ4n) is 1.33. The van der Waals surface area contributed by atoms with Crippen LogP contribution in [0.3, 0.4) is 0 Å². The molecule has 1 atom stereocenters. The predicted octanol–water partition coefficient (Wildman–Crippen LogP) is 2.12. The van der Waals surface area contributed by atoms with Crippen LogP contribution in [0.2, 0.25) is 0 Å². The molecule has 2 N–H and O–H groups in total. The molecule has 0 aliphatic carbocycles. The van der Waals surface area contributed by atoms with Crippen molar-refractivity contribution in [3.63, 3.8) is 0 Å². The molecule has 0 fully saturated rings. The zero-order valence-electron chi connectivity index (χ0n) is 9.25. The van der Waals surface area contributed by atoms with E-state index in [4.69, 9.17) is 0 Å². The van der Waals surface area contributed by atoms with Crippen LogP contribution in [0.1, 0.15) is 26.3 Å². The second-order valence-corrected chi connectivity index (χ2v) is 4.03. The number of hydrazine groups is 1. The third kappa shape index (κ3) is 4.40. The van der Waals surface area contributed by atoms with Crippen LogP contribution in [0, 0.1) is 0 Å². The smallest absolute Gasteiger partial charge is 0.0225 e. The second kappa shape index (κ2) is 5.78. The van der Waals surface area contributed by atoms with Crippen LogP contribution in [0.5, 0.6) is 0 Å². The lowest BCUT2D eigenvalue weighted by molar-refractivity contribution is 0.410. The predicted molar refractivity (Wildman–Crippen MR) is 61.0 cm³/mol. The normalized spacial score (nSPS) is 13.1. The molecule has 0 amide bonds. The molecule has 0 saturated carbocycles. The molecular formula is C12H20N2. The lowest BCUT2D eigenvalue weighted by Gasteiger charge is -2.16. The summed E-state index contributed by atoms with van der Waals surface area (Å²) in [5.74, 6) is 0. The molecule has 0 heterocycles. The van der Waals surface area contributed by atoms with Crippen LogP contribution in [0.4, 0.5) is 0 Å². The van der Waals surface area contributed by atoms with Crippen molar-refractivity contribution in [3.8, 4) is 0 Å². The fraction of sp³-hybridized carbons (Fsp3) is 0.500. The maximum atomic E-state index is 3.28. The summed E-state index contributed by atoms with van der Waals surface area (Å²) >= 11 is 0. The van der Waals surface area contributed by atoms with Gasteiger partial charge in [-0.25, -0.2) is 0 Å². The molecule has 14 heavy (non-hydrogen) atoms. The van der Waals surface area contributed by atoms with E-state index in [1.807, 2.05) is 6.07 Å². The molecule has 0 aliphatic heterocycles. The molecule has 0 spiro atoms. The molecule has 0 radical (unpaired) electrons. The minimum atomic E-state index is 0.458. The third-order valence-electron chi connectivity index (χ3n) is 2.00. The summed E-state index contributed by atoms with van der Waals surface area (Å²) in [5, 5.41) is 0. The summed E-state index contributed by atoms with van der Waals surface area (Å²) in [6, 6.07) is 11.5. The summed E-state index contributed by atoms with van der Waals surface area (Å²) < 4.78 is 0. The van der Waals surface area contributed by atoms with E-state index in [0.29, 0.717) is 12.1 Å². The minimum Gasteiger partial charge on any atom is -0.255 e. The first-order valence-electron chi connectivity index (χ1n) is 5.23. The molecule has 0 aliphatic rings. The van der Waals surface area contributed by atoms with Crippen molar-refractivity contribution in [2.24, 2.45) is 0 Å². The Bertz CT molecular complexity index is 244. The monoisotopic (exact) mass is 192 g/mol. The van der Waals surface area contributed by atoms with E-state index in [2.05, 4.69) is 55.9 Å². The van der Waals surface area contributed by atoms with Gasteiger partial charge in [0.15, 0.2) is 0 Å². The average molecular weight is 192 g/mol. The molecule has 1 unspecified atom stereocenters. The first kappa shape index (κ1) is 11.2. The Morgan fingerprint density at radius 3 is 2.21 bits per heavy atom. The van der Waals surface area contributed by atoms with Gasteiger partial charge in [0.25, 0.3) is 0 Å². The fourth-order valence-corrected chi connectivity index (χ4v) is 1.33. The largest absolute Gasteiger partial charge is 0.255 e. The van der Waals surface area contributed by atoms with Gasteiger partial charge in [0.2, 0.25) is 0 Å². The molecule has 1 aromatic rings. The van der Waals surface area contributed by atoms with E-state index in [1.54, 1.807) is 0 Å². The van der Waals surface area contributed by atoms with E-state index < -0.39 is 0 Å². The number of rotatable bonds is 5. The highest BCUT2D eigenvalue weighted by Crippen LogP contribution is 2.01. The zero-order valence-corrected chi connectivity index (χ0v) is 9.25. The Labute approximate surface area is 86.7 Å².